The number of nitrogens with one attached hydrogen (secondary N) is 2. The van der Waals surface area contributed by atoms with Gasteiger partial charge in [0.1, 0.15) is 0 Å². The highest BCUT2D eigenvalue weighted by molar-refractivity contribution is 5.97. The Bertz CT molecular complexity index is 564. The number of carboxylic acid groups (broad SMARTS) is 1. The molecule has 0 unspecified atom stereocenters. The van der Waals surface area contributed by atoms with Gasteiger partial charge < -0.3 is 15.4 Å². The van der Waals surface area contributed by atoms with Crippen LogP contribution >= 0.6 is 0 Å². The fraction of sp³-hybridized carbons (Fsp3) is 0.0833. The Labute approximate surface area is 103 Å². The summed E-state index contributed by atoms with van der Waals surface area (Å²) in [5.74, 6) is -1.38. The van der Waals surface area contributed by atoms with Gasteiger partial charge in [-0.15, -0.1) is 0 Å². The fourth-order valence-electron chi connectivity index (χ4n) is 1.45. The molecule has 0 radical (unpaired) electrons. The van der Waals surface area contributed by atoms with E-state index < -0.39 is 5.97 Å². The predicted molar refractivity (Wildman–Crippen MR) is 63.2 cm³/mol. The van der Waals surface area contributed by atoms with Gasteiger partial charge in [-0.1, -0.05) is 6.07 Å². The van der Waals surface area contributed by atoms with E-state index in [1.165, 1.54) is 24.5 Å². The lowest BCUT2D eigenvalue weighted by Crippen LogP contribution is -2.23. The SMILES string of the molecule is O=C(O)c1cccc(C(=O)NCc2cnc[nH]2)c1. The Morgan fingerprint density at radius 3 is 2.78 bits per heavy atom. The van der Waals surface area contributed by atoms with E-state index in [0.717, 1.165) is 5.69 Å². The summed E-state index contributed by atoms with van der Waals surface area (Å²) in [4.78, 5) is 29.2. The van der Waals surface area contributed by atoms with E-state index in [1.54, 1.807) is 12.3 Å². The van der Waals surface area contributed by atoms with Crippen LogP contribution in [0.1, 0.15) is 26.4 Å². The fourth-order valence-corrected chi connectivity index (χ4v) is 1.45. The quantitative estimate of drug-likeness (QED) is 0.749. The summed E-state index contributed by atoms with van der Waals surface area (Å²) in [6.45, 7) is 0.316. The van der Waals surface area contributed by atoms with Crippen LogP contribution in [0.5, 0.6) is 0 Å². The molecule has 2 rings (SSSR count). The molecule has 0 atom stereocenters. The third-order valence-electron chi connectivity index (χ3n) is 2.37. The van der Waals surface area contributed by atoms with Gasteiger partial charge in [0.05, 0.1) is 24.1 Å². The third kappa shape index (κ3) is 2.73. The van der Waals surface area contributed by atoms with Crippen molar-refractivity contribution in [3.8, 4) is 0 Å². The summed E-state index contributed by atoms with van der Waals surface area (Å²) in [6, 6.07) is 5.88. The first-order valence-corrected chi connectivity index (χ1v) is 5.25. The normalized spacial score (nSPS) is 10.0. The number of aromatic nitrogens is 2. The summed E-state index contributed by atoms with van der Waals surface area (Å²) in [5, 5.41) is 11.5. The predicted octanol–water partition coefficient (Wildman–Crippen LogP) is 1.04. The lowest BCUT2D eigenvalue weighted by molar-refractivity contribution is 0.0697. The van der Waals surface area contributed by atoms with E-state index >= 15 is 0 Å². The van der Waals surface area contributed by atoms with E-state index in [1.807, 2.05) is 0 Å². The average Bonchev–Trinajstić information content (AvgIpc) is 2.89. The van der Waals surface area contributed by atoms with Crippen molar-refractivity contribution >= 4 is 11.9 Å². The average molecular weight is 245 g/mol. The molecule has 6 heteroatoms. The van der Waals surface area contributed by atoms with Gasteiger partial charge in [-0.25, -0.2) is 9.78 Å². The van der Waals surface area contributed by atoms with Gasteiger partial charge in [0.25, 0.3) is 5.91 Å². The lowest BCUT2D eigenvalue weighted by Gasteiger charge is -2.04. The van der Waals surface area contributed by atoms with Crippen LogP contribution in [0.4, 0.5) is 0 Å². The van der Waals surface area contributed by atoms with Gasteiger partial charge in [-0.3, -0.25) is 4.79 Å². The Morgan fingerprint density at radius 2 is 2.11 bits per heavy atom. The number of amides is 1. The molecule has 1 aromatic heterocycles. The number of carboxylic acids is 1. The second-order valence-electron chi connectivity index (χ2n) is 3.65. The second-order valence-corrected chi connectivity index (χ2v) is 3.65. The summed E-state index contributed by atoms with van der Waals surface area (Å²) in [6.07, 6.45) is 3.13. The first kappa shape index (κ1) is 11.8. The van der Waals surface area contributed by atoms with Crippen molar-refractivity contribution in [2.24, 2.45) is 0 Å². The molecular formula is C12H11N3O3. The number of aromatic carboxylic acids is 1. The molecule has 2 aromatic rings. The van der Waals surface area contributed by atoms with E-state index in [2.05, 4.69) is 15.3 Å². The number of aromatic amines is 1. The number of carbonyl (C=O) groups is 2. The molecule has 0 aliphatic heterocycles. The maximum Gasteiger partial charge on any atom is 0.335 e. The molecule has 0 saturated heterocycles. The minimum Gasteiger partial charge on any atom is -0.478 e. The van der Waals surface area contributed by atoms with Gasteiger partial charge >= 0.3 is 5.97 Å². The molecule has 0 saturated carbocycles. The molecule has 6 nitrogen and oxygen atoms in total. The van der Waals surface area contributed by atoms with Crippen molar-refractivity contribution in [3.63, 3.8) is 0 Å². The van der Waals surface area contributed by atoms with Gasteiger partial charge in [-0.05, 0) is 18.2 Å². The monoisotopic (exact) mass is 245 g/mol. The van der Waals surface area contributed by atoms with Crippen LogP contribution in [0, 0.1) is 0 Å². The Morgan fingerprint density at radius 1 is 1.33 bits per heavy atom. The molecule has 1 heterocycles. The van der Waals surface area contributed by atoms with E-state index in [0.29, 0.717) is 12.1 Å². The Kier molecular flexibility index (Phi) is 3.38. The number of carbonyl (C=O) groups excluding carboxylic acids is 1. The maximum atomic E-state index is 11.8. The highest BCUT2D eigenvalue weighted by atomic mass is 16.4. The first-order valence-electron chi connectivity index (χ1n) is 5.25. The van der Waals surface area contributed by atoms with Crippen LogP contribution < -0.4 is 5.32 Å². The lowest BCUT2D eigenvalue weighted by atomic mass is 10.1. The molecule has 18 heavy (non-hydrogen) atoms. The molecule has 3 N–H and O–H groups in total. The van der Waals surface area contributed by atoms with Crippen molar-refractivity contribution in [2.45, 2.75) is 6.54 Å². The molecule has 0 bridgehead atoms. The molecule has 92 valence electrons. The summed E-state index contributed by atoms with van der Waals surface area (Å²) in [5.41, 5.74) is 1.18. The third-order valence-corrected chi connectivity index (χ3v) is 2.37. The maximum absolute atomic E-state index is 11.8. The van der Waals surface area contributed by atoms with Crippen molar-refractivity contribution in [2.75, 3.05) is 0 Å². The first-order chi connectivity index (χ1) is 8.66. The van der Waals surface area contributed by atoms with Crippen molar-refractivity contribution in [3.05, 3.63) is 53.6 Å². The van der Waals surface area contributed by atoms with Crippen molar-refractivity contribution < 1.29 is 14.7 Å². The zero-order chi connectivity index (χ0) is 13.0. The topological polar surface area (TPSA) is 95.1 Å². The van der Waals surface area contributed by atoms with E-state index in [-0.39, 0.29) is 11.5 Å². The van der Waals surface area contributed by atoms with Crippen LogP contribution in [0.15, 0.2) is 36.8 Å². The van der Waals surface area contributed by atoms with Crippen molar-refractivity contribution in [1.29, 1.82) is 0 Å². The minimum atomic E-state index is -1.06. The Hall–Kier alpha value is -2.63. The minimum absolute atomic E-state index is 0.0872. The van der Waals surface area contributed by atoms with Crippen molar-refractivity contribution in [1.82, 2.24) is 15.3 Å². The number of hydrogen-bond acceptors (Lipinski definition) is 3. The smallest absolute Gasteiger partial charge is 0.335 e. The number of H-pyrrole nitrogens is 1. The molecule has 0 aliphatic carbocycles. The Balaban J connectivity index is 2.04. The van der Waals surface area contributed by atoms with E-state index in [4.69, 9.17) is 5.11 Å². The standard InChI is InChI=1S/C12H11N3O3/c16-11(14-6-10-5-13-7-15-10)8-2-1-3-9(4-8)12(17)18/h1-5,7H,6H2,(H,13,15)(H,14,16)(H,17,18). The van der Waals surface area contributed by atoms with Gasteiger partial charge in [0.2, 0.25) is 0 Å². The highest BCUT2D eigenvalue weighted by Gasteiger charge is 2.09. The van der Waals surface area contributed by atoms with Crippen LogP contribution in [0.2, 0.25) is 0 Å². The number of imidazole rings is 1. The molecule has 1 amide bonds. The molecule has 0 aliphatic rings. The zero-order valence-corrected chi connectivity index (χ0v) is 9.38. The number of benzene rings is 1. The molecular weight excluding hydrogens is 234 g/mol. The molecule has 0 fully saturated rings. The van der Waals surface area contributed by atoms with E-state index in [9.17, 15) is 9.59 Å². The summed E-state index contributed by atoms with van der Waals surface area (Å²) < 4.78 is 0. The van der Waals surface area contributed by atoms with Crippen LogP contribution in [0.3, 0.4) is 0 Å². The van der Waals surface area contributed by atoms with Crippen LogP contribution in [-0.2, 0) is 6.54 Å². The largest absolute Gasteiger partial charge is 0.478 e. The van der Waals surface area contributed by atoms with Crippen LogP contribution in [0.25, 0.3) is 0 Å². The number of rotatable bonds is 4. The second kappa shape index (κ2) is 5.13. The summed E-state index contributed by atoms with van der Waals surface area (Å²) >= 11 is 0. The highest BCUT2D eigenvalue weighted by Crippen LogP contribution is 2.05. The van der Waals surface area contributed by atoms with Gasteiger partial charge in [0.15, 0.2) is 0 Å². The number of hydrogen-bond donors (Lipinski definition) is 3. The van der Waals surface area contributed by atoms with Gasteiger partial charge in [-0.2, -0.15) is 0 Å². The molecule has 0 spiro atoms. The molecule has 1 aromatic carbocycles. The van der Waals surface area contributed by atoms with Crippen LogP contribution in [-0.4, -0.2) is 27.0 Å². The zero-order valence-electron chi connectivity index (χ0n) is 9.38. The number of nitrogens with zero attached hydrogens (tertiary/aromatic N) is 1. The van der Waals surface area contributed by atoms with Gasteiger partial charge in [0, 0.05) is 11.8 Å². The summed E-state index contributed by atoms with van der Waals surface area (Å²) in [7, 11) is 0.